The summed E-state index contributed by atoms with van der Waals surface area (Å²) >= 11 is 6.16. The van der Waals surface area contributed by atoms with Crippen molar-refractivity contribution in [2.24, 2.45) is 0 Å². The van der Waals surface area contributed by atoms with Crippen molar-refractivity contribution < 1.29 is 38.0 Å². The first-order valence-electron chi connectivity index (χ1n) is 10.5. The molecule has 1 amide bonds. The summed E-state index contributed by atoms with van der Waals surface area (Å²) in [6, 6.07) is 14.8. The molecule has 9 nitrogen and oxygen atoms in total. The van der Waals surface area contributed by atoms with E-state index in [1.807, 2.05) is 0 Å². The molecular weight excluding hydrogens is 478 g/mol. The normalized spacial score (nSPS) is 11.5. The summed E-state index contributed by atoms with van der Waals surface area (Å²) in [5, 5.41) is 3.10. The van der Waals surface area contributed by atoms with Gasteiger partial charge in [0.15, 0.2) is 29.6 Å². The van der Waals surface area contributed by atoms with Gasteiger partial charge < -0.3 is 33.7 Å². The number of hydrogen-bond acceptors (Lipinski definition) is 8. The number of esters is 1. The molecule has 3 aromatic carbocycles. The van der Waals surface area contributed by atoms with Crippen LogP contribution in [0, 0.1) is 0 Å². The lowest BCUT2D eigenvalue weighted by atomic mass is 10.2. The van der Waals surface area contributed by atoms with E-state index < -0.39 is 5.97 Å². The Hall–Kier alpha value is -4.11. The molecule has 1 aliphatic heterocycles. The van der Waals surface area contributed by atoms with Crippen LogP contribution in [0.25, 0.3) is 0 Å². The summed E-state index contributed by atoms with van der Waals surface area (Å²) in [5.74, 6) is 1.31. The third kappa shape index (κ3) is 5.88. The molecule has 3 aromatic rings. The molecule has 0 radical (unpaired) electrons. The number of methoxy groups -OCH3 is 2. The van der Waals surface area contributed by atoms with Gasteiger partial charge in [0.05, 0.1) is 24.8 Å². The topological polar surface area (TPSA) is 102 Å². The van der Waals surface area contributed by atoms with Crippen LogP contribution in [0.4, 0.5) is 5.69 Å². The summed E-state index contributed by atoms with van der Waals surface area (Å²) in [7, 11) is 3.00. The lowest BCUT2D eigenvalue weighted by Gasteiger charge is -2.12. The number of nitrogens with one attached hydrogen (secondary N) is 1. The Labute approximate surface area is 206 Å². The molecule has 35 heavy (non-hydrogen) atoms. The molecule has 0 bridgehead atoms. The van der Waals surface area contributed by atoms with Crippen LogP contribution in [-0.2, 0) is 16.1 Å². The molecular formula is C25H22ClNO8. The van der Waals surface area contributed by atoms with Crippen molar-refractivity contribution in [3.8, 4) is 28.7 Å². The lowest BCUT2D eigenvalue weighted by molar-refractivity contribution is -0.118. The Balaban J connectivity index is 1.33. The SMILES string of the molecule is COc1ccc(NC(=O)COc2ccc(C(=O)OCc3cc(Cl)c4c(c3)OCO4)cc2OC)cc1. The highest BCUT2D eigenvalue weighted by Crippen LogP contribution is 2.40. The number of anilines is 1. The first kappa shape index (κ1) is 24.0. The largest absolute Gasteiger partial charge is 0.497 e. The fourth-order valence-electron chi connectivity index (χ4n) is 3.26. The predicted octanol–water partition coefficient (Wildman–Crippen LogP) is 4.46. The average molecular weight is 500 g/mol. The van der Waals surface area contributed by atoms with Crippen molar-refractivity contribution in [1.29, 1.82) is 0 Å². The highest BCUT2D eigenvalue weighted by atomic mass is 35.5. The summed E-state index contributed by atoms with van der Waals surface area (Å²) in [4.78, 5) is 24.8. The van der Waals surface area contributed by atoms with Crippen molar-refractivity contribution in [2.75, 3.05) is 32.9 Å². The second-order valence-corrected chi connectivity index (χ2v) is 7.73. The lowest BCUT2D eigenvalue weighted by Crippen LogP contribution is -2.20. The van der Waals surface area contributed by atoms with E-state index >= 15 is 0 Å². The zero-order chi connectivity index (χ0) is 24.8. The van der Waals surface area contributed by atoms with Gasteiger partial charge in [0.2, 0.25) is 6.79 Å². The second kappa shape index (κ2) is 10.9. The highest BCUT2D eigenvalue weighted by Gasteiger charge is 2.19. The van der Waals surface area contributed by atoms with Crippen LogP contribution in [0.2, 0.25) is 5.02 Å². The van der Waals surface area contributed by atoms with Crippen LogP contribution in [0.3, 0.4) is 0 Å². The number of carbonyl (C=O) groups excluding carboxylic acids is 2. The zero-order valence-electron chi connectivity index (χ0n) is 19.0. The number of ether oxygens (including phenoxy) is 6. The van der Waals surface area contributed by atoms with E-state index in [1.165, 1.54) is 25.3 Å². The van der Waals surface area contributed by atoms with Gasteiger partial charge >= 0.3 is 5.97 Å². The van der Waals surface area contributed by atoms with Crippen LogP contribution >= 0.6 is 11.6 Å². The molecule has 182 valence electrons. The number of benzene rings is 3. The molecule has 0 saturated carbocycles. The summed E-state index contributed by atoms with van der Waals surface area (Å²) < 4.78 is 32.0. The summed E-state index contributed by atoms with van der Waals surface area (Å²) in [5.41, 5.74) is 1.51. The maximum absolute atomic E-state index is 12.6. The molecule has 10 heteroatoms. The van der Waals surface area contributed by atoms with E-state index in [2.05, 4.69) is 5.32 Å². The van der Waals surface area contributed by atoms with Crippen LogP contribution in [0.5, 0.6) is 28.7 Å². The molecule has 0 atom stereocenters. The maximum atomic E-state index is 12.6. The molecule has 1 heterocycles. The Bertz CT molecular complexity index is 1230. The van der Waals surface area contributed by atoms with E-state index in [1.54, 1.807) is 43.5 Å². The van der Waals surface area contributed by atoms with Crippen molar-refractivity contribution in [3.05, 3.63) is 70.7 Å². The van der Waals surface area contributed by atoms with Crippen molar-refractivity contribution in [3.63, 3.8) is 0 Å². The van der Waals surface area contributed by atoms with Crippen LogP contribution in [0.15, 0.2) is 54.6 Å². The first-order chi connectivity index (χ1) is 17.0. The van der Waals surface area contributed by atoms with Gasteiger partial charge in [0.25, 0.3) is 5.91 Å². The second-order valence-electron chi connectivity index (χ2n) is 7.32. The third-order valence-corrected chi connectivity index (χ3v) is 5.27. The van der Waals surface area contributed by atoms with Crippen molar-refractivity contribution in [1.82, 2.24) is 0 Å². The fraction of sp³-hybridized carbons (Fsp3) is 0.200. The number of hydrogen-bond donors (Lipinski definition) is 1. The molecule has 1 N–H and O–H groups in total. The number of amides is 1. The number of fused-ring (bicyclic) bond motifs is 1. The highest BCUT2D eigenvalue weighted by molar-refractivity contribution is 6.32. The van der Waals surface area contributed by atoms with Crippen LogP contribution in [0.1, 0.15) is 15.9 Å². The molecule has 1 aliphatic rings. The van der Waals surface area contributed by atoms with Gasteiger partial charge in [-0.2, -0.15) is 0 Å². The maximum Gasteiger partial charge on any atom is 0.338 e. The summed E-state index contributed by atoms with van der Waals surface area (Å²) in [6.45, 7) is -0.173. The Morgan fingerprint density at radius 2 is 1.77 bits per heavy atom. The molecule has 0 fully saturated rings. The Kier molecular flexibility index (Phi) is 7.47. The first-order valence-corrected chi connectivity index (χ1v) is 10.8. The quantitative estimate of drug-likeness (QED) is 0.431. The van der Waals surface area contributed by atoms with Gasteiger partial charge in [-0.05, 0) is 60.2 Å². The Morgan fingerprint density at radius 1 is 0.971 bits per heavy atom. The molecule has 4 rings (SSSR count). The predicted molar refractivity (Wildman–Crippen MR) is 127 cm³/mol. The van der Waals surface area contributed by atoms with Gasteiger partial charge in [-0.3, -0.25) is 4.79 Å². The standard InChI is InChI=1S/C25H22ClNO8/c1-30-18-6-4-17(5-7-18)27-23(28)13-32-20-8-3-16(11-21(20)31-2)25(29)33-12-15-9-19(26)24-22(10-15)34-14-35-24/h3-11H,12-14H2,1-2H3,(H,27,28). The van der Waals surface area contributed by atoms with Crippen LogP contribution in [-0.4, -0.2) is 39.5 Å². The van der Waals surface area contributed by atoms with Gasteiger partial charge in [0.1, 0.15) is 12.4 Å². The molecule has 0 aliphatic carbocycles. The average Bonchev–Trinajstić information content (AvgIpc) is 3.36. The smallest absolute Gasteiger partial charge is 0.338 e. The molecule has 0 saturated heterocycles. The van der Waals surface area contributed by atoms with Crippen LogP contribution < -0.4 is 29.0 Å². The van der Waals surface area contributed by atoms with Crippen molar-refractivity contribution >= 4 is 29.2 Å². The fourth-order valence-corrected chi connectivity index (χ4v) is 3.55. The van der Waals surface area contributed by atoms with E-state index in [4.69, 9.17) is 40.0 Å². The van der Waals surface area contributed by atoms with E-state index in [0.29, 0.717) is 39.3 Å². The molecule has 0 aromatic heterocycles. The number of halogens is 1. The Morgan fingerprint density at radius 3 is 2.51 bits per heavy atom. The van der Waals surface area contributed by atoms with E-state index in [9.17, 15) is 9.59 Å². The number of rotatable bonds is 9. The molecule has 0 unspecified atom stereocenters. The monoisotopic (exact) mass is 499 g/mol. The van der Waals surface area contributed by atoms with E-state index in [-0.39, 0.29) is 37.2 Å². The van der Waals surface area contributed by atoms with Crippen molar-refractivity contribution in [2.45, 2.75) is 6.61 Å². The third-order valence-electron chi connectivity index (χ3n) is 4.99. The van der Waals surface area contributed by atoms with Gasteiger partial charge in [-0.15, -0.1) is 0 Å². The summed E-state index contributed by atoms with van der Waals surface area (Å²) in [6.07, 6.45) is 0. The van der Waals surface area contributed by atoms with Gasteiger partial charge in [-0.1, -0.05) is 11.6 Å². The van der Waals surface area contributed by atoms with E-state index in [0.717, 1.165) is 0 Å². The molecule has 0 spiro atoms. The minimum absolute atomic E-state index is 0.0126. The van der Waals surface area contributed by atoms with Gasteiger partial charge in [-0.25, -0.2) is 4.79 Å². The minimum Gasteiger partial charge on any atom is -0.497 e. The van der Waals surface area contributed by atoms with Gasteiger partial charge in [0, 0.05) is 5.69 Å². The number of carbonyl (C=O) groups is 2. The zero-order valence-corrected chi connectivity index (χ0v) is 19.7. The minimum atomic E-state index is -0.569.